The molecule has 0 aliphatic rings. The second-order valence-corrected chi connectivity index (χ2v) is 6.76. The summed E-state index contributed by atoms with van der Waals surface area (Å²) in [5, 5.41) is 12.6. The van der Waals surface area contributed by atoms with E-state index in [2.05, 4.69) is 34.0 Å². The van der Waals surface area contributed by atoms with Gasteiger partial charge in [0.05, 0.1) is 11.7 Å². The van der Waals surface area contributed by atoms with Crippen molar-refractivity contribution in [1.82, 2.24) is 25.5 Å². The van der Waals surface area contributed by atoms with Crippen LogP contribution in [0.4, 0.5) is 0 Å². The molecule has 0 unspecified atom stereocenters. The largest absolute Gasteiger partial charge is 0.460 e. The normalized spacial score (nSPS) is 10.4. The average Bonchev–Trinajstić information content (AvgIpc) is 3.15. The Labute approximate surface area is 177 Å². The van der Waals surface area contributed by atoms with E-state index in [1.54, 1.807) is 24.3 Å². The van der Waals surface area contributed by atoms with Crippen LogP contribution >= 0.6 is 12.2 Å². The van der Waals surface area contributed by atoms with Gasteiger partial charge in [-0.25, -0.2) is 14.3 Å². The zero-order chi connectivity index (χ0) is 22.3. The number of benzene rings is 1. The Kier molecular flexibility index (Phi) is 7.76. The van der Waals surface area contributed by atoms with Crippen molar-refractivity contribution < 1.29 is 23.9 Å². The van der Waals surface area contributed by atoms with Crippen molar-refractivity contribution in [2.75, 3.05) is 13.2 Å². The summed E-state index contributed by atoms with van der Waals surface area (Å²) in [4.78, 5) is 35.9. The van der Waals surface area contributed by atoms with Crippen LogP contribution in [0.2, 0.25) is 0 Å². The molecule has 0 bridgehead atoms. The minimum absolute atomic E-state index is 0.200. The van der Waals surface area contributed by atoms with Crippen LogP contribution in [-0.4, -0.2) is 57.3 Å². The molecule has 1 aromatic carbocycles. The highest BCUT2D eigenvalue weighted by Crippen LogP contribution is 2.09. The van der Waals surface area contributed by atoms with Gasteiger partial charge in [0, 0.05) is 16.7 Å². The van der Waals surface area contributed by atoms with Crippen molar-refractivity contribution in [2.24, 2.45) is 0 Å². The number of esters is 2. The number of rotatable bonds is 9. The zero-order valence-electron chi connectivity index (χ0n) is 16.5. The fourth-order valence-corrected chi connectivity index (χ4v) is 2.31. The molecule has 2 rings (SSSR count). The number of carbonyl (C=O) groups excluding carboxylic acids is 3. The highest BCUT2D eigenvalue weighted by molar-refractivity contribution is 7.71. The zero-order valence-corrected chi connectivity index (χ0v) is 17.3. The molecule has 0 spiro atoms. The highest BCUT2D eigenvalue weighted by Gasteiger charge is 2.19. The number of nitrogens with zero attached hydrogens (tertiary/aromatic N) is 3. The Bertz CT molecular complexity index is 994. The van der Waals surface area contributed by atoms with Crippen LogP contribution in [0.25, 0.3) is 5.69 Å². The predicted molar refractivity (Wildman–Crippen MR) is 109 cm³/mol. The molecule has 2 aromatic rings. The number of carbonyl (C=O) groups is 3. The topological polar surface area (TPSA) is 128 Å². The lowest BCUT2D eigenvalue weighted by molar-refractivity contribution is -0.142. The van der Waals surface area contributed by atoms with Gasteiger partial charge in [0.2, 0.25) is 4.77 Å². The first-order valence-electron chi connectivity index (χ1n) is 8.75. The standard InChI is InChI=1S/C19H21N5O5S/c1-11(2)17(26)28-9-14(10-29-18(27)12(3)4)20-16(25)13-5-7-15(8-6-13)24-19(30)21-22-23-24/h5-8,14H,1,3,9-10H2,2,4H3,(H,20,25)(H,21,23,30). The maximum Gasteiger partial charge on any atom is 0.333 e. The van der Waals surface area contributed by atoms with Gasteiger partial charge in [0.1, 0.15) is 13.2 Å². The van der Waals surface area contributed by atoms with Crippen molar-refractivity contribution in [3.05, 3.63) is 58.9 Å². The van der Waals surface area contributed by atoms with Crippen LogP contribution in [0.1, 0.15) is 24.2 Å². The first kappa shape index (κ1) is 22.7. The summed E-state index contributed by atoms with van der Waals surface area (Å²) >= 11 is 5.03. The Morgan fingerprint density at radius 3 is 2.07 bits per heavy atom. The molecular formula is C19H21N5O5S. The maximum atomic E-state index is 12.6. The van der Waals surface area contributed by atoms with E-state index in [9.17, 15) is 14.4 Å². The number of aromatic amines is 1. The minimum Gasteiger partial charge on any atom is -0.460 e. The molecular weight excluding hydrogens is 410 g/mol. The summed E-state index contributed by atoms with van der Waals surface area (Å²) in [6, 6.07) is 5.69. The second-order valence-electron chi connectivity index (χ2n) is 6.39. The Balaban J connectivity index is 2.07. The minimum atomic E-state index is -0.769. The van der Waals surface area contributed by atoms with E-state index in [4.69, 9.17) is 21.7 Å². The molecule has 11 heteroatoms. The van der Waals surface area contributed by atoms with Crippen LogP contribution in [0.15, 0.2) is 48.6 Å². The predicted octanol–water partition coefficient (Wildman–Crippen LogP) is 1.66. The van der Waals surface area contributed by atoms with Gasteiger partial charge in [-0.15, -0.1) is 0 Å². The third kappa shape index (κ3) is 6.21. The number of hydrogen-bond acceptors (Lipinski definition) is 8. The lowest BCUT2D eigenvalue weighted by Crippen LogP contribution is -2.42. The Morgan fingerprint density at radius 2 is 1.63 bits per heavy atom. The molecule has 1 heterocycles. The lowest BCUT2D eigenvalue weighted by Gasteiger charge is -2.19. The van der Waals surface area contributed by atoms with Gasteiger partial charge in [0.25, 0.3) is 5.91 Å². The van der Waals surface area contributed by atoms with Gasteiger partial charge < -0.3 is 14.8 Å². The summed E-state index contributed by atoms with van der Waals surface area (Å²) < 4.78 is 11.9. The number of amides is 1. The van der Waals surface area contributed by atoms with Crippen LogP contribution in [-0.2, 0) is 19.1 Å². The van der Waals surface area contributed by atoms with Gasteiger partial charge >= 0.3 is 11.9 Å². The third-order valence-corrected chi connectivity index (χ3v) is 3.99. The smallest absolute Gasteiger partial charge is 0.333 e. The van der Waals surface area contributed by atoms with Gasteiger partial charge in [-0.05, 0) is 50.3 Å². The number of hydrogen-bond donors (Lipinski definition) is 2. The van der Waals surface area contributed by atoms with Gasteiger partial charge in [-0.2, -0.15) is 5.21 Å². The SMILES string of the molecule is C=C(C)C(=O)OCC(COC(=O)C(=C)C)NC(=O)c1ccc(-n2[nH]nnc2=S)cc1. The van der Waals surface area contributed by atoms with Crippen molar-refractivity contribution in [3.63, 3.8) is 0 Å². The lowest BCUT2D eigenvalue weighted by atomic mass is 10.2. The van der Waals surface area contributed by atoms with E-state index < -0.39 is 23.9 Å². The summed E-state index contributed by atoms with van der Waals surface area (Å²) in [6.07, 6.45) is 0. The number of ether oxygens (including phenoxy) is 2. The summed E-state index contributed by atoms with van der Waals surface area (Å²) in [6.45, 7) is 9.59. The molecule has 0 saturated carbocycles. The summed E-state index contributed by atoms with van der Waals surface area (Å²) in [7, 11) is 0. The summed E-state index contributed by atoms with van der Waals surface area (Å²) in [5.41, 5.74) is 1.40. The van der Waals surface area contributed by atoms with Crippen molar-refractivity contribution >= 4 is 30.1 Å². The fraction of sp³-hybridized carbons (Fsp3) is 0.263. The number of tetrazole rings is 1. The van der Waals surface area contributed by atoms with E-state index in [0.29, 0.717) is 11.3 Å². The molecule has 158 valence electrons. The summed E-state index contributed by atoms with van der Waals surface area (Å²) in [5.74, 6) is -1.68. The average molecular weight is 431 g/mol. The fourth-order valence-electron chi connectivity index (χ4n) is 2.13. The molecule has 0 radical (unpaired) electrons. The van der Waals surface area contributed by atoms with Crippen LogP contribution in [0.5, 0.6) is 0 Å². The van der Waals surface area contributed by atoms with E-state index in [0.717, 1.165) is 0 Å². The molecule has 0 saturated heterocycles. The Hall–Kier alpha value is -3.60. The van der Waals surface area contributed by atoms with E-state index in [-0.39, 0.29) is 29.1 Å². The number of aromatic nitrogens is 4. The quantitative estimate of drug-likeness (QED) is 0.349. The van der Waals surface area contributed by atoms with Gasteiger partial charge in [-0.3, -0.25) is 4.79 Å². The second kappa shape index (κ2) is 10.3. The van der Waals surface area contributed by atoms with E-state index in [1.165, 1.54) is 18.5 Å². The third-order valence-electron chi connectivity index (χ3n) is 3.72. The molecule has 0 fully saturated rings. The molecule has 0 atom stereocenters. The highest BCUT2D eigenvalue weighted by atomic mass is 32.1. The first-order valence-corrected chi connectivity index (χ1v) is 9.16. The van der Waals surface area contributed by atoms with Crippen molar-refractivity contribution in [3.8, 4) is 5.69 Å². The van der Waals surface area contributed by atoms with E-state index in [1.807, 2.05) is 0 Å². The monoisotopic (exact) mass is 431 g/mol. The first-order chi connectivity index (χ1) is 14.2. The number of H-pyrrole nitrogens is 1. The van der Waals surface area contributed by atoms with Crippen molar-refractivity contribution in [2.45, 2.75) is 19.9 Å². The van der Waals surface area contributed by atoms with E-state index >= 15 is 0 Å². The maximum absolute atomic E-state index is 12.6. The number of nitrogens with one attached hydrogen (secondary N) is 2. The Morgan fingerprint density at radius 1 is 1.10 bits per heavy atom. The van der Waals surface area contributed by atoms with Crippen LogP contribution in [0, 0.1) is 4.77 Å². The molecule has 1 aromatic heterocycles. The van der Waals surface area contributed by atoms with Gasteiger partial charge in [-0.1, -0.05) is 23.5 Å². The molecule has 1 amide bonds. The van der Waals surface area contributed by atoms with Crippen LogP contribution < -0.4 is 5.32 Å². The molecule has 30 heavy (non-hydrogen) atoms. The molecule has 2 N–H and O–H groups in total. The van der Waals surface area contributed by atoms with Crippen LogP contribution in [0.3, 0.4) is 0 Å². The van der Waals surface area contributed by atoms with Gasteiger partial charge in [0.15, 0.2) is 0 Å². The molecule has 0 aliphatic carbocycles. The molecule has 0 aliphatic heterocycles. The van der Waals surface area contributed by atoms with Crippen molar-refractivity contribution in [1.29, 1.82) is 0 Å². The molecule has 10 nitrogen and oxygen atoms in total.